The fourth-order valence-corrected chi connectivity index (χ4v) is 5.50. The summed E-state index contributed by atoms with van der Waals surface area (Å²) < 4.78 is 13.4. The molecule has 0 atom stereocenters. The van der Waals surface area contributed by atoms with Crippen molar-refractivity contribution < 1.29 is 19.1 Å². The molecule has 212 valence electrons. The number of ether oxygens (including phenoxy) is 2. The Kier molecular flexibility index (Phi) is 9.07. The highest BCUT2D eigenvalue weighted by Crippen LogP contribution is 2.35. The monoisotopic (exact) mass is 645 g/mol. The highest BCUT2D eigenvalue weighted by molar-refractivity contribution is 9.10. The minimum Gasteiger partial charge on any atom is -0.444 e. The second-order valence-corrected chi connectivity index (χ2v) is 13.8. The van der Waals surface area contributed by atoms with Gasteiger partial charge >= 0.3 is 12.2 Å². The van der Waals surface area contributed by atoms with Gasteiger partial charge in [-0.05, 0) is 83.5 Å². The minimum absolute atomic E-state index is 0.424. The standard InChI is InChI=1S/C30H33BrClN3O4S/c1-29(2,3)38-27(36)33-11-12-40-17-18-13-24(34-25-15-20(32)8-9-21(18)25)23-16-35(28(37)39-30(4,5)6)26-10-7-19(31)14-22(23)26/h7-10,13-16H,11-12,17H2,1-6H3,(H,33,36). The van der Waals surface area contributed by atoms with E-state index in [1.54, 1.807) is 18.0 Å². The Morgan fingerprint density at radius 2 is 1.73 bits per heavy atom. The Bertz CT molecular complexity index is 1570. The molecular weight excluding hydrogens is 614 g/mol. The summed E-state index contributed by atoms with van der Waals surface area (Å²) in [5.74, 6) is 1.40. The molecule has 0 radical (unpaired) electrons. The van der Waals surface area contributed by atoms with Gasteiger partial charge in [-0.3, -0.25) is 4.57 Å². The minimum atomic E-state index is -0.635. The van der Waals surface area contributed by atoms with Gasteiger partial charge in [0.05, 0.1) is 16.7 Å². The van der Waals surface area contributed by atoms with Crippen molar-refractivity contribution in [1.82, 2.24) is 14.9 Å². The molecule has 2 aromatic carbocycles. The van der Waals surface area contributed by atoms with Gasteiger partial charge in [-0.25, -0.2) is 14.6 Å². The van der Waals surface area contributed by atoms with E-state index in [-0.39, 0.29) is 0 Å². The molecule has 4 aromatic rings. The first-order chi connectivity index (χ1) is 18.7. The highest BCUT2D eigenvalue weighted by Gasteiger charge is 2.22. The maximum Gasteiger partial charge on any atom is 0.419 e. The first kappa shape index (κ1) is 30.2. The molecule has 0 spiro atoms. The Morgan fingerprint density at radius 1 is 1.00 bits per heavy atom. The van der Waals surface area contributed by atoms with E-state index in [0.29, 0.717) is 23.1 Å². The third-order valence-corrected chi connectivity index (χ3v) is 7.40. The maximum atomic E-state index is 13.1. The molecule has 2 heterocycles. The lowest BCUT2D eigenvalue weighted by atomic mass is 10.0. The van der Waals surface area contributed by atoms with Gasteiger partial charge in [-0.1, -0.05) is 33.6 Å². The molecule has 10 heteroatoms. The molecule has 0 saturated carbocycles. The van der Waals surface area contributed by atoms with Gasteiger partial charge in [0, 0.05) is 50.1 Å². The molecule has 0 aliphatic carbocycles. The molecule has 2 aromatic heterocycles. The molecule has 1 amide bonds. The normalized spacial score (nSPS) is 12.1. The Balaban J connectivity index is 1.67. The lowest BCUT2D eigenvalue weighted by Gasteiger charge is -2.19. The van der Waals surface area contributed by atoms with E-state index < -0.39 is 23.4 Å². The smallest absolute Gasteiger partial charge is 0.419 e. The average molecular weight is 647 g/mol. The second kappa shape index (κ2) is 12.0. The number of rotatable bonds is 6. The van der Waals surface area contributed by atoms with Crippen LogP contribution in [-0.4, -0.2) is 45.2 Å². The van der Waals surface area contributed by atoms with Crippen LogP contribution >= 0.6 is 39.3 Å². The average Bonchev–Trinajstić information content (AvgIpc) is 3.20. The Hall–Kier alpha value is -2.75. The molecule has 0 unspecified atom stereocenters. The van der Waals surface area contributed by atoms with E-state index >= 15 is 0 Å². The summed E-state index contributed by atoms with van der Waals surface area (Å²) in [5.41, 5.74) is 2.93. The first-order valence-electron chi connectivity index (χ1n) is 12.9. The summed E-state index contributed by atoms with van der Waals surface area (Å²) in [6.45, 7) is 11.5. The molecule has 7 nitrogen and oxygen atoms in total. The Labute approximate surface area is 252 Å². The van der Waals surface area contributed by atoms with Crippen LogP contribution in [0.4, 0.5) is 9.59 Å². The van der Waals surface area contributed by atoms with E-state index in [9.17, 15) is 9.59 Å². The van der Waals surface area contributed by atoms with Gasteiger partial charge in [-0.15, -0.1) is 0 Å². The summed E-state index contributed by atoms with van der Waals surface area (Å²) >= 11 is 11.6. The zero-order chi connectivity index (χ0) is 29.2. The van der Waals surface area contributed by atoms with E-state index in [1.165, 1.54) is 4.57 Å². The number of carbonyl (C=O) groups excluding carboxylic acids is 2. The van der Waals surface area contributed by atoms with E-state index in [4.69, 9.17) is 26.1 Å². The summed E-state index contributed by atoms with van der Waals surface area (Å²) in [4.78, 5) is 30.0. The van der Waals surface area contributed by atoms with Crippen LogP contribution in [-0.2, 0) is 15.2 Å². The van der Waals surface area contributed by atoms with Crippen LogP contribution in [0.5, 0.6) is 0 Å². The molecular formula is C30H33BrClN3O4S. The van der Waals surface area contributed by atoms with Crippen molar-refractivity contribution in [3.8, 4) is 11.3 Å². The van der Waals surface area contributed by atoms with Gasteiger partial charge in [-0.2, -0.15) is 11.8 Å². The van der Waals surface area contributed by atoms with Crippen molar-refractivity contribution in [2.45, 2.75) is 58.5 Å². The van der Waals surface area contributed by atoms with Gasteiger partial charge in [0.2, 0.25) is 0 Å². The van der Waals surface area contributed by atoms with Gasteiger partial charge < -0.3 is 14.8 Å². The van der Waals surface area contributed by atoms with Crippen LogP contribution in [0.3, 0.4) is 0 Å². The molecule has 0 fully saturated rings. The summed E-state index contributed by atoms with van der Waals surface area (Å²) in [5, 5.41) is 5.26. The number of benzene rings is 2. The predicted octanol–water partition coefficient (Wildman–Crippen LogP) is 8.81. The van der Waals surface area contributed by atoms with Crippen LogP contribution < -0.4 is 5.32 Å². The number of pyridine rings is 1. The van der Waals surface area contributed by atoms with Gasteiger partial charge in [0.1, 0.15) is 11.2 Å². The van der Waals surface area contributed by atoms with Crippen LogP contribution in [0.2, 0.25) is 5.02 Å². The summed E-state index contributed by atoms with van der Waals surface area (Å²) in [6, 6.07) is 13.5. The third kappa shape index (κ3) is 7.71. The number of aromatic nitrogens is 2. The number of hydrogen-bond donors (Lipinski definition) is 1. The number of hydrogen-bond acceptors (Lipinski definition) is 6. The predicted molar refractivity (Wildman–Crippen MR) is 167 cm³/mol. The van der Waals surface area contributed by atoms with Gasteiger partial charge in [0.15, 0.2) is 0 Å². The van der Waals surface area contributed by atoms with Crippen molar-refractivity contribution >= 4 is 73.3 Å². The number of carbonyl (C=O) groups is 2. The molecule has 0 bridgehead atoms. The zero-order valence-electron chi connectivity index (χ0n) is 23.4. The van der Waals surface area contributed by atoms with Crippen LogP contribution in [0, 0.1) is 0 Å². The van der Waals surface area contributed by atoms with Crippen molar-refractivity contribution in [3.05, 3.63) is 63.7 Å². The lowest BCUT2D eigenvalue weighted by Crippen LogP contribution is -2.33. The topological polar surface area (TPSA) is 82.5 Å². The number of alkyl carbamates (subject to hydrolysis) is 1. The lowest BCUT2D eigenvalue weighted by molar-refractivity contribution is 0.0524. The van der Waals surface area contributed by atoms with Crippen LogP contribution in [0.25, 0.3) is 33.1 Å². The maximum absolute atomic E-state index is 13.1. The van der Waals surface area contributed by atoms with E-state index in [0.717, 1.165) is 43.1 Å². The molecule has 4 rings (SSSR count). The molecule has 40 heavy (non-hydrogen) atoms. The van der Waals surface area contributed by atoms with Crippen LogP contribution in [0.1, 0.15) is 47.1 Å². The molecule has 0 aliphatic heterocycles. The van der Waals surface area contributed by atoms with Gasteiger partial charge in [0.25, 0.3) is 0 Å². The molecule has 1 N–H and O–H groups in total. The number of thioether (sulfide) groups is 1. The fourth-order valence-electron chi connectivity index (χ4n) is 4.12. The zero-order valence-corrected chi connectivity index (χ0v) is 26.6. The number of amides is 1. The Morgan fingerprint density at radius 3 is 2.42 bits per heavy atom. The summed E-state index contributed by atoms with van der Waals surface area (Å²) in [6.07, 6.45) is 0.904. The van der Waals surface area contributed by atoms with E-state index in [1.807, 2.05) is 77.9 Å². The molecule has 0 aliphatic rings. The van der Waals surface area contributed by atoms with Crippen LogP contribution in [0.15, 0.2) is 53.1 Å². The number of nitrogens with one attached hydrogen (secondary N) is 1. The van der Waals surface area contributed by atoms with Crippen molar-refractivity contribution in [3.63, 3.8) is 0 Å². The second-order valence-electron chi connectivity index (χ2n) is 11.4. The van der Waals surface area contributed by atoms with Crippen molar-refractivity contribution in [2.75, 3.05) is 12.3 Å². The summed E-state index contributed by atoms with van der Waals surface area (Å²) in [7, 11) is 0. The number of halogens is 2. The van der Waals surface area contributed by atoms with Crippen molar-refractivity contribution in [2.24, 2.45) is 0 Å². The first-order valence-corrected chi connectivity index (χ1v) is 15.2. The SMILES string of the molecule is CC(C)(C)OC(=O)NCCSCc1cc(-c2cn(C(=O)OC(C)(C)C)c3ccc(Br)cc23)nc2cc(Cl)ccc12. The number of fused-ring (bicyclic) bond motifs is 2. The van der Waals surface area contributed by atoms with Crippen molar-refractivity contribution in [1.29, 1.82) is 0 Å². The molecule has 0 saturated heterocycles. The highest BCUT2D eigenvalue weighted by atomic mass is 79.9. The third-order valence-electron chi connectivity index (χ3n) is 5.66. The van der Waals surface area contributed by atoms with E-state index in [2.05, 4.69) is 27.3 Å². The largest absolute Gasteiger partial charge is 0.444 e. The fraction of sp³-hybridized carbons (Fsp3) is 0.367. The quantitative estimate of drug-likeness (QED) is 0.211. The number of nitrogens with zero attached hydrogens (tertiary/aromatic N) is 2.